The van der Waals surface area contributed by atoms with Crippen molar-refractivity contribution in [1.29, 1.82) is 0 Å². The first-order valence-corrected chi connectivity index (χ1v) is 5.82. The number of anilines is 1. The van der Waals surface area contributed by atoms with Crippen LogP contribution in [-0.2, 0) is 4.79 Å². The Morgan fingerprint density at radius 1 is 1.44 bits per heavy atom. The first kappa shape index (κ1) is 14.5. The number of hydrogen-bond donors (Lipinski definition) is 3. The first-order valence-electron chi connectivity index (χ1n) is 5.06. The van der Waals surface area contributed by atoms with Crippen LogP contribution in [0.3, 0.4) is 0 Å². The molecule has 18 heavy (non-hydrogen) atoms. The fraction of sp³-hybridized carbons (Fsp3) is 0.300. The van der Waals surface area contributed by atoms with Gasteiger partial charge in [-0.15, -0.1) is 0 Å². The largest absolute Gasteiger partial charge is 0.465 e. The quantitative estimate of drug-likeness (QED) is 0.743. The second-order valence-corrected chi connectivity index (χ2v) is 4.12. The van der Waals surface area contributed by atoms with Crippen molar-refractivity contribution in [2.45, 2.75) is 19.4 Å². The number of carbonyl (C=O) groups is 2. The maximum absolute atomic E-state index is 11.8. The molecule has 0 spiro atoms. The van der Waals surface area contributed by atoms with Gasteiger partial charge in [0.2, 0.25) is 5.91 Å². The van der Waals surface area contributed by atoms with E-state index in [2.05, 4.69) is 15.6 Å². The minimum Gasteiger partial charge on any atom is -0.465 e. The molecule has 2 amide bonds. The molecule has 98 valence electrons. The second-order valence-electron chi connectivity index (χ2n) is 3.37. The summed E-state index contributed by atoms with van der Waals surface area (Å²) in [6, 6.07) is 2.10. The molecule has 8 heteroatoms. The van der Waals surface area contributed by atoms with Crippen LogP contribution in [0.1, 0.15) is 13.3 Å². The van der Waals surface area contributed by atoms with Crippen LogP contribution in [0.4, 0.5) is 10.5 Å². The van der Waals surface area contributed by atoms with Gasteiger partial charge in [-0.3, -0.25) is 4.79 Å². The van der Waals surface area contributed by atoms with Crippen LogP contribution < -0.4 is 10.6 Å². The van der Waals surface area contributed by atoms with Crippen molar-refractivity contribution in [3.8, 4) is 0 Å². The molecule has 1 unspecified atom stereocenters. The topological polar surface area (TPSA) is 91.3 Å². The average molecular weight is 292 g/mol. The number of carbonyl (C=O) groups excluding carboxylic acids is 1. The van der Waals surface area contributed by atoms with Gasteiger partial charge in [-0.1, -0.05) is 30.1 Å². The van der Waals surface area contributed by atoms with Crippen molar-refractivity contribution in [1.82, 2.24) is 10.3 Å². The Labute approximate surface area is 113 Å². The summed E-state index contributed by atoms with van der Waals surface area (Å²) in [5, 5.41) is 13.4. The van der Waals surface area contributed by atoms with Gasteiger partial charge in [-0.2, -0.15) is 0 Å². The summed E-state index contributed by atoms with van der Waals surface area (Å²) in [5.41, 5.74) is 0.275. The number of carboxylic acid groups (broad SMARTS) is 1. The average Bonchev–Trinajstić information content (AvgIpc) is 2.29. The standard InChI is InChI=1S/C10H11Cl2N3O3/c1-2-5(14-10(17)18)9(16)13-6-3-4-7(11)15-8(6)12/h3-5,14H,2H2,1H3,(H,13,16)(H,17,18). The lowest BCUT2D eigenvalue weighted by Crippen LogP contribution is -2.42. The van der Waals surface area contributed by atoms with E-state index >= 15 is 0 Å². The molecular weight excluding hydrogens is 281 g/mol. The molecule has 0 saturated heterocycles. The highest BCUT2D eigenvalue weighted by Gasteiger charge is 2.19. The highest BCUT2D eigenvalue weighted by Crippen LogP contribution is 2.21. The number of nitrogens with one attached hydrogen (secondary N) is 2. The third-order valence-corrected chi connectivity index (χ3v) is 2.59. The van der Waals surface area contributed by atoms with Gasteiger partial charge in [-0.05, 0) is 18.6 Å². The summed E-state index contributed by atoms with van der Waals surface area (Å²) in [7, 11) is 0. The Bertz CT molecular complexity index is 468. The number of pyridine rings is 1. The normalized spacial score (nSPS) is 11.7. The van der Waals surface area contributed by atoms with Crippen molar-refractivity contribution in [3.63, 3.8) is 0 Å². The number of rotatable bonds is 4. The van der Waals surface area contributed by atoms with E-state index in [1.165, 1.54) is 12.1 Å². The number of hydrogen-bond acceptors (Lipinski definition) is 3. The summed E-state index contributed by atoms with van der Waals surface area (Å²) in [6.07, 6.45) is -0.950. The van der Waals surface area contributed by atoms with Crippen molar-refractivity contribution >= 4 is 40.9 Å². The minimum absolute atomic E-state index is 0.0426. The molecule has 0 aliphatic carbocycles. The van der Waals surface area contributed by atoms with Crippen LogP contribution in [-0.4, -0.2) is 28.1 Å². The molecule has 1 aromatic rings. The molecule has 6 nitrogen and oxygen atoms in total. The van der Waals surface area contributed by atoms with Crippen molar-refractivity contribution in [2.75, 3.05) is 5.32 Å². The van der Waals surface area contributed by atoms with Gasteiger partial charge in [0, 0.05) is 0 Å². The second kappa shape index (κ2) is 6.42. The highest BCUT2D eigenvalue weighted by molar-refractivity contribution is 6.34. The zero-order chi connectivity index (χ0) is 13.7. The Balaban J connectivity index is 2.76. The predicted octanol–water partition coefficient (Wildman–Crippen LogP) is 2.37. The van der Waals surface area contributed by atoms with Crippen LogP contribution in [0.25, 0.3) is 0 Å². The Morgan fingerprint density at radius 2 is 2.11 bits per heavy atom. The van der Waals surface area contributed by atoms with E-state index in [0.717, 1.165) is 0 Å². The maximum Gasteiger partial charge on any atom is 0.405 e. The molecule has 0 aliphatic rings. The Hall–Kier alpha value is -1.53. The maximum atomic E-state index is 11.8. The highest BCUT2D eigenvalue weighted by atomic mass is 35.5. The van der Waals surface area contributed by atoms with Crippen LogP contribution in [0.5, 0.6) is 0 Å². The fourth-order valence-corrected chi connectivity index (χ4v) is 1.62. The van der Waals surface area contributed by atoms with E-state index in [-0.39, 0.29) is 16.0 Å². The fourth-order valence-electron chi connectivity index (χ4n) is 1.23. The summed E-state index contributed by atoms with van der Waals surface area (Å²) < 4.78 is 0. The van der Waals surface area contributed by atoms with Gasteiger partial charge in [0.05, 0.1) is 5.69 Å². The zero-order valence-electron chi connectivity index (χ0n) is 9.41. The molecule has 0 aliphatic heterocycles. The molecule has 1 heterocycles. The lowest BCUT2D eigenvalue weighted by atomic mass is 10.2. The van der Waals surface area contributed by atoms with Crippen LogP contribution in [0, 0.1) is 0 Å². The van der Waals surface area contributed by atoms with E-state index in [9.17, 15) is 9.59 Å². The van der Waals surface area contributed by atoms with Crippen molar-refractivity contribution < 1.29 is 14.7 Å². The number of nitrogens with zero attached hydrogens (tertiary/aromatic N) is 1. The van der Waals surface area contributed by atoms with E-state index in [4.69, 9.17) is 28.3 Å². The van der Waals surface area contributed by atoms with Gasteiger partial charge in [0.25, 0.3) is 0 Å². The molecule has 0 fully saturated rings. The summed E-state index contributed by atoms with van der Waals surface area (Å²) in [4.78, 5) is 26.0. The molecule has 1 aromatic heterocycles. The van der Waals surface area contributed by atoms with Crippen molar-refractivity contribution in [3.05, 3.63) is 22.4 Å². The minimum atomic E-state index is -1.27. The third-order valence-electron chi connectivity index (χ3n) is 2.10. The molecule has 0 saturated carbocycles. The molecule has 0 radical (unpaired) electrons. The Morgan fingerprint density at radius 3 is 2.61 bits per heavy atom. The molecule has 0 aromatic carbocycles. The van der Waals surface area contributed by atoms with Crippen LogP contribution in [0.15, 0.2) is 12.1 Å². The zero-order valence-corrected chi connectivity index (χ0v) is 10.9. The molecule has 1 rings (SSSR count). The monoisotopic (exact) mass is 291 g/mol. The van der Waals surface area contributed by atoms with Crippen molar-refractivity contribution in [2.24, 2.45) is 0 Å². The van der Waals surface area contributed by atoms with E-state index in [1.807, 2.05) is 0 Å². The molecule has 0 bridgehead atoms. The van der Waals surface area contributed by atoms with Gasteiger partial charge < -0.3 is 15.7 Å². The Kier molecular flexibility index (Phi) is 5.18. The number of aromatic nitrogens is 1. The summed E-state index contributed by atoms with van der Waals surface area (Å²) in [6.45, 7) is 1.68. The predicted molar refractivity (Wildman–Crippen MR) is 68.1 cm³/mol. The summed E-state index contributed by atoms with van der Waals surface area (Å²) >= 11 is 11.4. The van der Waals surface area contributed by atoms with E-state index < -0.39 is 18.0 Å². The molecule has 3 N–H and O–H groups in total. The lowest BCUT2D eigenvalue weighted by molar-refractivity contribution is -0.118. The smallest absolute Gasteiger partial charge is 0.405 e. The van der Waals surface area contributed by atoms with Crippen LogP contribution in [0.2, 0.25) is 10.3 Å². The number of amides is 2. The molecule has 1 atom stereocenters. The van der Waals surface area contributed by atoms with Gasteiger partial charge in [-0.25, -0.2) is 9.78 Å². The van der Waals surface area contributed by atoms with Crippen LogP contribution >= 0.6 is 23.2 Å². The van der Waals surface area contributed by atoms with E-state index in [0.29, 0.717) is 6.42 Å². The first-order chi connectivity index (χ1) is 8.43. The lowest BCUT2D eigenvalue weighted by Gasteiger charge is -2.15. The SMILES string of the molecule is CCC(NC(=O)O)C(=O)Nc1ccc(Cl)nc1Cl. The van der Waals surface area contributed by atoms with Gasteiger partial charge >= 0.3 is 6.09 Å². The van der Waals surface area contributed by atoms with Gasteiger partial charge in [0.15, 0.2) is 5.15 Å². The number of halogens is 2. The third kappa shape index (κ3) is 4.05. The molecular formula is C10H11Cl2N3O3. The van der Waals surface area contributed by atoms with Gasteiger partial charge in [0.1, 0.15) is 11.2 Å². The van der Waals surface area contributed by atoms with E-state index in [1.54, 1.807) is 6.92 Å². The summed E-state index contributed by atoms with van der Waals surface area (Å²) in [5.74, 6) is -0.508.